The fourth-order valence-corrected chi connectivity index (χ4v) is 1.34. The highest BCUT2D eigenvalue weighted by Gasteiger charge is 1.96. The fourth-order valence-electron chi connectivity index (χ4n) is 1.34. The van der Waals surface area contributed by atoms with Crippen LogP contribution >= 0.6 is 0 Å². The van der Waals surface area contributed by atoms with Gasteiger partial charge >= 0.3 is 0 Å². The van der Waals surface area contributed by atoms with Gasteiger partial charge < -0.3 is 0 Å². The van der Waals surface area contributed by atoms with Crippen LogP contribution in [-0.4, -0.2) is 0 Å². The molecule has 0 aliphatic carbocycles. The van der Waals surface area contributed by atoms with Gasteiger partial charge in [-0.15, -0.1) is 0 Å². The lowest BCUT2D eigenvalue weighted by Crippen LogP contribution is -1.85. The van der Waals surface area contributed by atoms with E-state index in [9.17, 15) is 0 Å². The van der Waals surface area contributed by atoms with E-state index in [4.69, 9.17) is 0 Å². The average Bonchev–Trinajstić information content (AvgIpc) is 2.16. The van der Waals surface area contributed by atoms with Crippen molar-refractivity contribution in [2.24, 2.45) is 0 Å². The van der Waals surface area contributed by atoms with Gasteiger partial charge in [0, 0.05) is 0 Å². The van der Waals surface area contributed by atoms with E-state index >= 15 is 0 Å². The van der Waals surface area contributed by atoms with Crippen LogP contribution in [0.1, 0.15) is 53.9 Å². The third-order valence-corrected chi connectivity index (χ3v) is 2.32. The normalized spacial score (nSPS) is 12.9. The summed E-state index contributed by atoms with van der Waals surface area (Å²) in [5.74, 6) is 0. The highest BCUT2D eigenvalue weighted by Crippen LogP contribution is 2.16. The Morgan fingerprint density at radius 2 is 1.71 bits per heavy atom. The van der Waals surface area contributed by atoms with Crippen LogP contribution in [0.5, 0.6) is 0 Å². The Kier molecular flexibility index (Phi) is 7.18. The summed E-state index contributed by atoms with van der Waals surface area (Å²) >= 11 is 0. The van der Waals surface area contributed by atoms with Crippen LogP contribution in [0.3, 0.4) is 0 Å². The van der Waals surface area contributed by atoms with E-state index in [1.54, 1.807) is 0 Å². The van der Waals surface area contributed by atoms with E-state index in [-0.39, 0.29) is 0 Å². The topological polar surface area (TPSA) is 0 Å². The Labute approximate surface area is 89.4 Å². The summed E-state index contributed by atoms with van der Waals surface area (Å²) in [6.45, 7) is 10.8. The van der Waals surface area contributed by atoms with Gasteiger partial charge in [0.25, 0.3) is 0 Å². The van der Waals surface area contributed by atoms with Crippen molar-refractivity contribution in [2.75, 3.05) is 0 Å². The summed E-state index contributed by atoms with van der Waals surface area (Å²) in [5, 5.41) is 0. The standard InChI is InChI=1S/C14H24/c1-6-8-9-14(7-2)13(5)11-10-12(3)4/h7,10-11H,6,8-9H2,1-5H3/b13-11-,14-7-. The zero-order chi connectivity index (χ0) is 11.0. The van der Waals surface area contributed by atoms with Crippen molar-refractivity contribution < 1.29 is 0 Å². The van der Waals surface area contributed by atoms with Gasteiger partial charge in [-0.3, -0.25) is 0 Å². The summed E-state index contributed by atoms with van der Waals surface area (Å²) in [6, 6.07) is 0. The molecule has 0 bridgehead atoms. The van der Waals surface area contributed by atoms with Crippen LogP contribution in [0.15, 0.2) is 34.9 Å². The van der Waals surface area contributed by atoms with Crippen LogP contribution in [0.2, 0.25) is 0 Å². The Bertz CT molecular complexity index is 235. The fraction of sp³-hybridized carbons (Fsp3) is 0.571. The monoisotopic (exact) mass is 192 g/mol. The first-order valence-corrected chi connectivity index (χ1v) is 5.59. The van der Waals surface area contributed by atoms with Crippen LogP contribution in [0.25, 0.3) is 0 Å². The van der Waals surface area contributed by atoms with Crippen LogP contribution in [0.4, 0.5) is 0 Å². The van der Waals surface area contributed by atoms with Crippen LogP contribution in [0, 0.1) is 0 Å². The van der Waals surface area contributed by atoms with E-state index in [1.807, 2.05) is 0 Å². The molecule has 0 saturated carbocycles. The SMILES string of the molecule is C/C=C(CCCC)\C(C)=C/C=C(C)C. The summed E-state index contributed by atoms with van der Waals surface area (Å²) in [7, 11) is 0. The smallest absolute Gasteiger partial charge is 0.0280 e. The molecule has 0 fully saturated rings. The lowest BCUT2D eigenvalue weighted by molar-refractivity contribution is 0.790. The van der Waals surface area contributed by atoms with Crippen LogP contribution < -0.4 is 0 Å². The average molecular weight is 192 g/mol. The number of hydrogen-bond donors (Lipinski definition) is 0. The van der Waals surface area contributed by atoms with E-state index in [0.29, 0.717) is 0 Å². The van der Waals surface area contributed by atoms with Gasteiger partial charge in [-0.2, -0.15) is 0 Å². The molecule has 0 nitrogen and oxygen atoms in total. The van der Waals surface area contributed by atoms with Gasteiger partial charge in [-0.25, -0.2) is 0 Å². The number of rotatable bonds is 5. The summed E-state index contributed by atoms with van der Waals surface area (Å²) in [6.07, 6.45) is 10.4. The van der Waals surface area contributed by atoms with Crippen molar-refractivity contribution in [1.82, 2.24) is 0 Å². The van der Waals surface area contributed by atoms with E-state index in [1.165, 1.54) is 36.0 Å². The molecular formula is C14H24. The van der Waals surface area contributed by atoms with E-state index in [2.05, 4.69) is 52.8 Å². The Balaban J connectivity index is 4.39. The molecule has 0 unspecified atom stereocenters. The molecule has 0 rings (SSSR count). The van der Waals surface area contributed by atoms with Crippen molar-refractivity contribution in [3.8, 4) is 0 Å². The second-order valence-corrected chi connectivity index (χ2v) is 4.01. The predicted molar refractivity (Wildman–Crippen MR) is 66.5 cm³/mol. The Hall–Kier alpha value is -0.780. The summed E-state index contributed by atoms with van der Waals surface area (Å²) in [4.78, 5) is 0. The molecule has 0 atom stereocenters. The third kappa shape index (κ3) is 5.80. The van der Waals surface area contributed by atoms with Gasteiger partial charge in [0.2, 0.25) is 0 Å². The van der Waals surface area contributed by atoms with E-state index < -0.39 is 0 Å². The second-order valence-electron chi connectivity index (χ2n) is 4.01. The summed E-state index contributed by atoms with van der Waals surface area (Å²) in [5.41, 5.74) is 4.25. The molecular weight excluding hydrogens is 168 g/mol. The number of hydrogen-bond acceptors (Lipinski definition) is 0. The maximum absolute atomic E-state index is 2.24. The van der Waals surface area contributed by atoms with Gasteiger partial charge in [0.05, 0.1) is 0 Å². The van der Waals surface area contributed by atoms with Crippen molar-refractivity contribution in [3.05, 3.63) is 34.9 Å². The molecule has 0 aliphatic rings. The van der Waals surface area contributed by atoms with Gasteiger partial charge in [-0.05, 0) is 51.7 Å². The Morgan fingerprint density at radius 1 is 1.07 bits per heavy atom. The van der Waals surface area contributed by atoms with Gasteiger partial charge in [0.1, 0.15) is 0 Å². The van der Waals surface area contributed by atoms with Crippen LogP contribution in [-0.2, 0) is 0 Å². The maximum Gasteiger partial charge on any atom is -0.0280 e. The van der Waals surface area contributed by atoms with Crippen molar-refractivity contribution in [3.63, 3.8) is 0 Å². The number of allylic oxidation sites excluding steroid dienone is 6. The first kappa shape index (κ1) is 13.2. The van der Waals surface area contributed by atoms with E-state index in [0.717, 1.165) is 0 Å². The van der Waals surface area contributed by atoms with Gasteiger partial charge in [0.15, 0.2) is 0 Å². The number of unbranched alkanes of at least 4 members (excludes halogenated alkanes) is 1. The zero-order valence-corrected chi connectivity index (χ0v) is 10.4. The molecule has 0 aliphatic heterocycles. The maximum atomic E-state index is 2.24. The molecule has 0 aromatic heterocycles. The second kappa shape index (κ2) is 7.61. The first-order chi connectivity index (χ1) is 6.61. The molecule has 14 heavy (non-hydrogen) atoms. The molecule has 80 valence electrons. The molecule has 0 saturated heterocycles. The highest BCUT2D eigenvalue weighted by atomic mass is 14.0. The zero-order valence-electron chi connectivity index (χ0n) is 10.4. The molecule has 0 spiro atoms. The molecule has 0 amide bonds. The lowest BCUT2D eigenvalue weighted by Gasteiger charge is -2.05. The minimum atomic E-state index is 1.21. The minimum Gasteiger partial charge on any atom is -0.0842 e. The quantitative estimate of drug-likeness (QED) is 0.536. The molecule has 0 N–H and O–H groups in total. The molecule has 0 aromatic rings. The third-order valence-electron chi connectivity index (χ3n) is 2.32. The van der Waals surface area contributed by atoms with Crippen molar-refractivity contribution in [2.45, 2.75) is 53.9 Å². The molecule has 0 radical (unpaired) electrons. The molecule has 0 heteroatoms. The largest absolute Gasteiger partial charge is 0.0842 e. The minimum absolute atomic E-state index is 1.21. The van der Waals surface area contributed by atoms with Crippen molar-refractivity contribution >= 4 is 0 Å². The summed E-state index contributed by atoms with van der Waals surface area (Å²) < 4.78 is 0. The highest BCUT2D eigenvalue weighted by molar-refractivity contribution is 5.32. The lowest BCUT2D eigenvalue weighted by atomic mass is 10.0. The first-order valence-electron chi connectivity index (χ1n) is 5.59. The Morgan fingerprint density at radius 3 is 2.14 bits per heavy atom. The molecule has 0 heterocycles. The molecule has 0 aromatic carbocycles. The van der Waals surface area contributed by atoms with Gasteiger partial charge in [-0.1, -0.05) is 37.1 Å². The predicted octanol–water partition coefficient (Wildman–Crippen LogP) is 5.04. The van der Waals surface area contributed by atoms with Crippen molar-refractivity contribution in [1.29, 1.82) is 0 Å².